The summed E-state index contributed by atoms with van der Waals surface area (Å²) >= 11 is 1.34. The predicted octanol–water partition coefficient (Wildman–Crippen LogP) is 5.46. The minimum Gasteiger partial charge on any atom is -0.481 e. The number of thioether (sulfide) groups is 1. The first-order chi connectivity index (χ1) is 16.2. The van der Waals surface area contributed by atoms with Crippen LogP contribution >= 0.6 is 11.8 Å². The van der Waals surface area contributed by atoms with Gasteiger partial charge in [0, 0.05) is 41.1 Å². The molecule has 0 saturated carbocycles. The molecule has 0 aliphatic heterocycles. The van der Waals surface area contributed by atoms with E-state index in [1.165, 1.54) is 30.0 Å². The Bertz CT molecular complexity index is 1190. The van der Waals surface area contributed by atoms with Crippen molar-refractivity contribution in [1.29, 1.82) is 5.26 Å². The van der Waals surface area contributed by atoms with Crippen molar-refractivity contribution in [3.8, 4) is 6.07 Å². The van der Waals surface area contributed by atoms with Crippen molar-refractivity contribution < 1.29 is 19.2 Å². The molecule has 0 saturated heterocycles. The van der Waals surface area contributed by atoms with Crippen LogP contribution in [0.3, 0.4) is 0 Å². The zero-order valence-electron chi connectivity index (χ0n) is 19.8. The number of benzene rings is 1. The van der Waals surface area contributed by atoms with Gasteiger partial charge in [-0.15, -0.1) is 11.8 Å². The van der Waals surface area contributed by atoms with Crippen molar-refractivity contribution in [3.05, 3.63) is 43.8 Å². The Morgan fingerprint density at radius 1 is 1.32 bits per heavy atom. The molecule has 1 atom stereocenters. The number of unbranched alkanes of at least 4 members (excludes halogenated alkanes) is 1. The third-order valence-electron chi connectivity index (χ3n) is 5.54. The van der Waals surface area contributed by atoms with Crippen LogP contribution in [-0.4, -0.2) is 34.8 Å². The molecule has 10 heteroatoms. The number of fused-ring (bicyclic) bond motifs is 1. The summed E-state index contributed by atoms with van der Waals surface area (Å²) < 4.78 is 5.55. The highest BCUT2D eigenvalue weighted by Gasteiger charge is 2.25. The molecule has 2 rings (SSSR count). The molecule has 0 fully saturated rings. The second-order valence-electron chi connectivity index (χ2n) is 7.61. The average molecular weight is 488 g/mol. The Kier molecular flexibility index (Phi) is 9.69. The predicted molar refractivity (Wildman–Crippen MR) is 133 cm³/mol. The molecule has 1 aromatic carbocycles. The second-order valence-corrected chi connectivity index (χ2v) is 8.72. The van der Waals surface area contributed by atoms with Gasteiger partial charge in [-0.1, -0.05) is 20.3 Å². The largest absolute Gasteiger partial charge is 0.481 e. The lowest BCUT2D eigenvalue weighted by Crippen LogP contribution is -2.23. The maximum absolute atomic E-state index is 13.0. The van der Waals surface area contributed by atoms with Gasteiger partial charge in [0.2, 0.25) is 0 Å². The molecule has 0 radical (unpaired) electrons. The van der Waals surface area contributed by atoms with Crippen LogP contribution in [0.25, 0.3) is 17.0 Å². The van der Waals surface area contributed by atoms with Crippen LogP contribution in [-0.2, 0) is 4.79 Å². The summed E-state index contributed by atoms with van der Waals surface area (Å²) in [6, 6.07) is 4.81. The Morgan fingerprint density at radius 2 is 2.00 bits per heavy atom. The van der Waals surface area contributed by atoms with E-state index in [2.05, 4.69) is 0 Å². The van der Waals surface area contributed by atoms with Gasteiger partial charge in [0.05, 0.1) is 22.5 Å². The molecule has 1 heterocycles. The molecule has 1 N–H and O–H groups in total. The van der Waals surface area contributed by atoms with Crippen LogP contribution in [0.4, 0.5) is 11.4 Å². The number of anilines is 1. The quantitative estimate of drug-likeness (QED) is 0.103. The summed E-state index contributed by atoms with van der Waals surface area (Å²) in [4.78, 5) is 38.3. The number of nitro groups is 1. The van der Waals surface area contributed by atoms with Crippen LogP contribution in [0, 0.1) is 27.4 Å². The summed E-state index contributed by atoms with van der Waals surface area (Å²) in [7, 11) is 0. The lowest BCUT2D eigenvalue weighted by molar-refractivity contribution is -0.384. The number of nitrogens with zero attached hydrogens (tertiary/aromatic N) is 3. The van der Waals surface area contributed by atoms with E-state index in [1.54, 1.807) is 6.92 Å². The monoisotopic (exact) mass is 487 g/mol. The van der Waals surface area contributed by atoms with Gasteiger partial charge in [0.1, 0.15) is 11.3 Å². The molecule has 2 aromatic rings. The van der Waals surface area contributed by atoms with Gasteiger partial charge in [-0.25, -0.2) is 4.79 Å². The molecular formula is C24H29N3O6S. The van der Waals surface area contributed by atoms with Crippen LogP contribution in [0.5, 0.6) is 0 Å². The molecule has 0 bridgehead atoms. The Morgan fingerprint density at radius 3 is 2.50 bits per heavy atom. The zero-order chi connectivity index (χ0) is 25.4. The molecule has 0 aliphatic rings. The van der Waals surface area contributed by atoms with Crippen LogP contribution in [0.15, 0.2) is 31.8 Å². The lowest BCUT2D eigenvalue weighted by Gasteiger charge is -2.21. The van der Waals surface area contributed by atoms with Gasteiger partial charge in [-0.05, 0) is 38.5 Å². The topological polar surface area (TPSA) is 138 Å². The smallest absolute Gasteiger partial charge is 0.344 e. The third kappa shape index (κ3) is 5.78. The minimum atomic E-state index is -1.17. The minimum absolute atomic E-state index is 0.0368. The lowest BCUT2D eigenvalue weighted by atomic mass is 9.95. The maximum atomic E-state index is 13.0. The summed E-state index contributed by atoms with van der Waals surface area (Å²) in [5.74, 6) is -1.60. The molecule has 1 aromatic heterocycles. The standard InChI is InChI=1S/C24H29N3O6S/c1-5-9-10-34-22-17-12-20(27(31)32)19(26(7-3)8-4)13-21(17)33-24(30)18(22)11-15(14-25)16(6-2)23(28)29/h11-13,16H,5-10H2,1-4H3,(H,28,29). The van der Waals surface area contributed by atoms with Crippen LogP contribution in [0.2, 0.25) is 0 Å². The van der Waals surface area contributed by atoms with Gasteiger partial charge in [-0.3, -0.25) is 14.9 Å². The van der Waals surface area contributed by atoms with Gasteiger partial charge in [0.15, 0.2) is 0 Å². The Balaban J connectivity index is 2.92. The number of carbonyl (C=O) groups is 1. The Hall–Kier alpha value is -3.32. The molecule has 0 amide bonds. The first-order valence-electron chi connectivity index (χ1n) is 11.2. The van der Waals surface area contributed by atoms with E-state index in [0.717, 1.165) is 12.8 Å². The van der Waals surface area contributed by atoms with Crippen molar-refractivity contribution >= 4 is 46.2 Å². The second kappa shape index (κ2) is 12.2. The number of carboxylic acid groups (broad SMARTS) is 1. The normalized spacial score (nSPS) is 12.4. The summed E-state index contributed by atoms with van der Waals surface area (Å²) in [6.07, 6.45) is 3.17. The fourth-order valence-electron chi connectivity index (χ4n) is 3.67. The molecule has 1 unspecified atom stereocenters. The molecule has 0 aliphatic carbocycles. The van der Waals surface area contributed by atoms with E-state index in [1.807, 2.05) is 31.7 Å². The number of hydrogen-bond donors (Lipinski definition) is 1. The van der Waals surface area contributed by atoms with Crippen molar-refractivity contribution in [1.82, 2.24) is 0 Å². The van der Waals surface area contributed by atoms with E-state index >= 15 is 0 Å². The molecule has 9 nitrogen and oxygen atoms in total. The summed E-state index contributed by atoms with van der Waals surface area (Å²) in [5, 5.41) is 31.4. The van der Waals surface area contributed by atoms with Crippen LogP contribution < -0.4 is 10.5 Å². The molecule has 0 spiro atoms. The molecular weight excluding hydrogens is 458 g/mol. The summed E-state index contributed by atoms with van der Waals surface area (Å²) in [6.45, 7) is 8.48. The number of carboxylic acids is 1. The number of aliphatic carboxylic acids is 1. The SMILES string of the molecule is CCCCSc1c(C=C(C#N)C(CC)C(=O)O)c(=O)oc2cc(N(CC)CC)c([N+](=O)[O-])cc12. The van der Waals surface area contributed by atoms with E-state index in [4.69, 9.17) is 4.42 Å². The average Bonchev–Trinajstić information content (AvgIpc) is 2.80. The number of rotatable bonds is 12. The van der Waals surface area contributed by atoms with Crippen LogP contribution in [0.1, 0.15) is 52.5 Å². The van der Waals surface area contributed by atoms with E-state index in [-0.39, 0.29) is 28.8 Å². The highest BCUT2D eigenvalue weighted by atomic mass is 32.2. The first-order valence-corrected chi connectivity index (χ1v) is 12.2. The van der Waals surface area contributed by atoms with Crippen molar-refractivity contribution in [2.24, 2.45) is 5.92 Å². The first kappa shape index (κ1) is 26.9. The highest BCUT2D eigenvalue weighted by Crippen LogP contribution is 2.39. The number of nitro benzene ring substituents is 1. The van der Waals surface area contributed by atoms with E-state index < -0.39 is 22.4 Å². The third-order valence-corrected chi connectivity index (χ3v) is 6.77. The van der Waals surface area contributed by atoms with Gasteiger partial charge in [0.25, 0.3) is 5.69 Å². The highest BCUT2D eigenvalue weighted by molar-refractivity contribution is 7.99. The number of nitriles is 1. The Labute approximate surface area is 202 Å². The van der Waals surface area contributed by atoms with Crippen molar-refractivity contribution in [2.75, 3.05) is 23.7 Å². The van der Waals surface area contributed by atoms with Crippen molar-refractivity contribution in [3.63, 3.8) is 0 Å². The fraction of sp³-hybridized carbons (Fsp3) is 0.458. The molecule has 182 valence electrons. The summed E-state index contributed by atoms with van der Waals surface area (Å²) in [5.41, 5.74) is -0.317. The van der Waals surface area contributed by atoms with Gasteiger partial charge in [-0.2, -0.15) is 5.26 Å². The van der Waals surface area contributed by atoms with E-state index in [0.29, 0.717) is 34.8 Å². The van der Waals surface area contributed by atoms with Gasteiger partial charge >= 0.3 is 11.6 Å². The fourth-order valence-corrected chi connectivity index (χ4v) is 4.92. The van der Waals surface area contributed by atoms with Crippen molar-refractivity contribution in [2.45, 2.75) is 51.9 Å². The number of hydrogen-bond acceptors (Lipinski definition) is 8. The zero-order valence-corrected chi connectivity index (χ0v) is 20.6. The maximum Gasteiger partial charge on any atom is 0.344 e. The van der Waals surface area contributed by atoms with E-state index in [9.17, 15) is 30.1 Å². The van der Waals surface area contributed by atoms with Gasteiger partial charge < -0.3 is 14.4 Å². The molecule has 34 heavy (non-hydrogen) atoms.